The lowest BCUT2D eigenvalue weighted by Gasteiger charge is -2.24. The number of anilines is 1. The normalized spacial score (nSPS) is 12.2. The predicted octanol–water partition coefficient (Wildman–Crippen LogP) is 3.09. The minimum absolute atomic E-state index is 0.240. The molecule has 0 aliphatic carbocycles. The van der Waals surface area contributed by atoms with E-state index in [1.807, 2.05) is 12.3 Å². The van der Waals surface area contributed by atoms with Crippen molar-refractivity contribution in [2.24, 2.45) is 0 Å². The Morgan fingerprint density at radius 2 is 2.12 bits per heavy atom. The molecule has 0 saturated carbocycles. The van der Waals surface area contributed by atoms with Crippen LogP contribution in [0.3, 0.4) is 0 Å². The fourth-order valence-corrected chi connectivity index (χ4v) is 2.96. The highest BCUT2D eigenvalue weighted by Crippen LogP contribution is 2.09. The van der Waals surface area contributed by atoms with Gasteiger partial charge in [0, 0.05) is 18.8 Å². The lowest BCUT2D eigenvalue weighted by molar-refractivity contribution is 0.282. The van der Waals surface area contributed by atoms with Gasteiger partial charge in [0.15, 0.2) is 5.11 Å². The predicted molar refractivity (Wildman–Crippen MR) is 104 cm³/mol. The summed E-state index contributed by atoms with van der Waals surface area (Å²) in [5, 5.41) is 11.3. The van der Waals surface area contributed by atoms with Crippen LogP contribution in [0.25, 0.3) is 0 Å². The van der Waals surface area contributed by atoms with E-state index in [1.165, 1.54) is 12.1 Å². The molecule has 0 unspecified atom stereocenters. The molecular formula is C18H26FN5S. The molecule has 0 bridgehead atoms. The average Bonchev–Trinajstić information content (AvgIpc) is 2.99. The SMILES string of the molecule is CCN(CC)C[C@H](C)NC(=S)Nc1cnn(Cc2cccc(F)c2)c1. The molecule has 0 aliphatic rings. The number of likely N-dealkylation sites (N-methyl/N-ethyl adjacent to an activating group) is 1. The Hall–Kier alpha value is -1.99. The largest absolute Gasteiger partial charge is 0.359 e. The van der Waals surface area contributed by atoms with E-state index in [4.69, 9.17) is 12.2 Å². The molecule has 0 fully saturated rings. The number of aromatic nitrogens is 2. The van der Waals surface area contributed by atoms with Gasteiger partial charge in [-0.05, 0) is 49.9 Å². The van der Waals surface area contributed by atoms with Gasteiger partial charge in [-0.2, -0.15) is 5.10 Å². The van der Waals surface area contributed by atoms with Crippen molar-refractivity contribution in [1.82, 2.24) is 20.0 Å². The van der Waals surface area contributed by atoms with Crippen molar-refractivity contribution in [2.45, 2.75) is 33.4 Å². The highest BCUT2D eigenvalue weighted by Gasteiger charge is 2.09. The number of rotatable bonds is 8. The molecule has 0 aliphatic heterocycles. The molecule has 0 amide bonds. The fourth-order valence-electron chi connectivity index (χ4n) is 2.64. The third kappa shape index (κ3) is 6.43. The molecule has 25 heavy (non-hydrogen) atoms. The van der Waals surface area contributed by atoms with Gasteiger partial charge in [-0.3, -0.25) is 4.68 Å². The summed E-state index contributed by atoms with van der Waals surface area (Å²) in [5.74, 6) is -0.240. The standard InChI is InChI=1S/C18H26FN5S/c1-4-23(5-2)11-14(3)21-18(25)22-17-10-20-24(13-17)12-15-7-6-8-16(19)9-15/h6-10,13-14H,4-5,11-12H2,1-3H3,(H2,21,22,25)/t14-/m0/s1. The van der Waals surface area contributed by atoms with E-state index in [2.05, 4.69) is 41.4 Å². The summed E-state index contributed by atoms with van der Waals surface area (Å²) in [7, 11) is 0. The highest BCUT2D eigenvalue weighted by molar-refractivity contribution is 7.80. The average molecular weight is 364 g/mol. The topological polar surface area (TPSA) is 45.1 Å². The summed E-state index contributed by atoms with van der Waals surface area (Å²) in [6.45, 7) is 9.91. The van der Waals surface area contributed by atoms with Crippen LogP contribution < -0.4 is 10.6 Å². The van der Waals surface area contributed by atoms with Crippen molar-refractivity contribution >= 4 is 23.0 Å². The summed E-state index contributed by atoms with van der Waals surface area (Å²) < 4.78 is 15.0. The van der Waals surface area contributed by atoms with Crippen LogP contribution >= 0.6 is 12.2 Å². The molecule has 0 saturated heterocycles. The van der Waals surface area contributed by atoms with Gasteiger partial charge in [0.2, 0.25) is 0 Å². The van der Waals surface area contributed by atoms with E-state index in [-0.39, 0.29) is 11.9 Å². The molecule has 2 rings (SSSR count). The number of hydrogen-bond donors (Lipinski definition) is 2. The van der Waals surface area contributed by atoms with E-state index < -0.39 is 0 Å². The molecule has 2 aromatic rings. The quantitative estimate of drug-likeness (QED) is 0.706. The first kappa shape index (κ1) is 19.3. The van der Waals surface area contributed by atoms with Crippen molar-refractivity contribution in [3.05, 3.63) is 48.0 Å². The van der Waals surface area contributed by atoms with Crippen molar-refractivity contribution in [3.63, 3.8) is 0 Å². The molecule has 5 nitrogen and oxygen atoms in total. The lowest BCUT2D eigenvalue weighted by Crippen LogP contribution is -2.43. The van der Waals surface area contributed by atoms with Crippen LogP contribution in [0.5, 0.6) is 0 Å². The van der Waals surface area contributed by atoms with Crippen LogP contribution in [-0.2, 0) is 6.54 Å². The summed E-state index contributed by atoms with van der Waals surface area (Å²) in [6, 6.07) is 6.77. The number of nitrogens with zero attached hydrogens (tertiary/aromatic N) is 3. The smallest absolute Gasteiger partial charge is 0.171 e. The van der Waals surface area contributed by atoms with E-state index in [1.54, 1.807) is 16.9 Å². The van der Waals surface area contributed by atoms with Crippen molar-refractivity contribution in [3.8, 4) is 0 Å². The number of thiocarbonyl (C=S) groups is 1. The highest BCUT2D eigenvalue weighted by atomic mass is 32.1. The van der Waals surface area contributed by atoms with E-state index in [9.17, 15) is 4.39 Å². The Labute approximate surface area is 154 Å². The van der Waals surface area contributed by atoms with E-state index >= 15 is 0 Å². The van der Waals surface area contributed by atoms with Crippen LogP contribution in [0.4, 0.5) is 10.1 Å². The molecule has 1 atom stereocenters. The molecule has 1 aromatic heterocycles. The molecule has 1 heterocycles. The first-order chi connectivity index (χ1) is 12.0. The van der Waals surface area contributed by atoms with Crippen LogP contribution in [0.2, 0.25) is 0 Å². The van der Waals surface area contributed by atoms with Crippen molar-refractivity contribution in [1.29, 1.82) is 0 Å². The van der Waals surface area contributed by atoms with Gasteiger partial charge in [0.1, 0.15) is 5.82 Å². The first-order valence-electron chi connectivity index (χ1n) is 8.57. The molecule has 0 spiro atoms. The van der Waals surface area contributed by atoms with E-state index in [0.717, 1.165) is 30.9 Å². The lowest BCUT2D eigenvalue weighted by atomic mass is 10.2. The van der Waals surface area contributed by atoms with Gasteiger partial charge in [0.05, 0.1) is 18.4 Å². The molecule has 1 aromatic carbocycles. The molecule has 2 N–H and O–H groups in total. The molecule has 136 valence electrons. The van der Waals surface area contributed by atoms with Gasteiger partial charge in [0.25, 0.3) is 0 Å². The van der Waals surface area contributed by atoms with Gasteiger partial charge in [-0.25, -0.2) is 4.39 Å². The number of nitrogens with one attached hydrogen (secondary N) is 2. The second kappa shape index (κ2) is 9.48. The number of benzene rings is 1. The summed E-state index contributed by atoms with van der Waals surface area (Å²) >= 11 is 5.37. The van der Waals surface area contributed by atoms with Crippen LogP contribution in [0.1, 0.15) is 26.3 Å². The minimum atomic E-state index is -0.240. The molecule has 7 heteroatoms. The third-order valence-corrected chi connectivity index (χ3v) is 4.15. The maximum atomic E-state index is 13.2. The Balaban J connectivity index is 1.84. The molecular weight excluding hydrogens is 337 g/mol. The second-order valence-electron chi connectivity index (χ2n) is 6.04. The first-order valence-corrected chi connectivity index (χ1v) is 8.97. The number of halogens is 1. The second-order valence-corrected chi connectivity index (χ2v) is 6.45. The third-order valence-electron chi connectivity index (χ3n) is 3.93. The van der Waals surface area contributed by atoms with Gasteiger partial charge < -0.3 is 15.5 Å². The van der Waals surface area contributed by atoms with Crippen LogP contribution in [0, 0.1) is 5.82 Å². The maximum absolute atomic E-state index is 13.2. The maximum Gasteiger partial charge on any atom is 0.171 e. The van der Waals surface area contributed by atoms with Gasteiger partial charge >= 0.3 is 0 Å². The Morgan fingerprint density at radius 1 is 1.36 bits per heavy atom. The summed E-state index contributed by atoms with van der Waals surface area (Å²) in [5.41, 5.74) is 1.67. The molecule has 0 radical (unpaired) electrons. The van der Waals surface area contributed by atoms with Crippen molar-refractivity contribution in [2.75, 3.05) is 25.0 Å². The van der Waals surface area contributed by atoms with Crippen LogP contribution in [0.15, 0.2) is 36.7 Å². The summed E-state index contributed by atoms with van der Waals surface area (Å²) in [4.78, 5) is 2.34. The van der Waals surface area contributed by atoms with Gasteiger partial charge in [-0.15, -0.1) is 0 Å². The summed E-state index contributed by atoms with van der Waals surface area (Å²) in [6.07, 6.45) is 3.57. The van der Waals surface area contributed by atoms with Gasteiger partial charge in [-0.1, -0.05) is 26.0 Å². The monoisotopic (exact) mass is 363 g/mol. The van der Waals surface area contributed by atoms with Crippen molar-refractivity contribution < 1.29 is 4.39 Å². The van der Waals surface area contributed by atoms with E-state index in [0.29, 0.717) is 11.7 Å². The zero-order chi connectivity index (χ0) is 18.2. The Kier molecular flexibility index (Phi) is 7.33. The zero-order valence-electron chi connectivity index (χ0n) is 15.0. The zero-order valence-corrected chi connectivity index (χ0v) is 15.8. The Bertz CT molecular complexity index is 684. The minimum Gasteiger partial charge on any atom is -0.359 e. The Morgan fingerprint density at radius 3 is 2.80 bits per heavy atom. The fraction of sp³-hybridized carbons (Fsp3) is 0.444. The number of hydrogen-bond acceptors (Lipinski definition) is 3. The van der Waals surface area contributed by atoms with Crippen LogP contribution in [-0.4, -0.2) is 45.5 Å².